The van der Waals surface area contributed by atoms with Crippen molar-refractivity contribution in [1.82, 2.24) is 9.71 Å². The number of hydrogen-bond acceptors (Lipinski definition) is 5. The van der Waals surface area contributed by atoms with Gasteiger partial charge in [0.15, 0.2) is 0 Å². The van der Waals surface area contributed by atoms with Crippen LogP contribution in [0.1, 0.15) is 28.3 Å². The molecular weight excluding hydrogens is 374 g/mol. The van der Waals surface area contributed by atoms with Crippen molar-refractivity contribution in [3.05, 3.63) is 38.1 Å². The van der Waals surface area contributed by atoms with Crippen LogP contribution < -0.4 is 10.5 Å². The Labute approximate surface area is 136 Å². The topological polar surface area (TPSA) is 85.1 Å². The second-order valence-electron chi connectivity index (χ2n) is 4.75. The highest BCUT2D eigenvalue weighted by Crippen LogP contribution is 2.28. The van der Waals surface area contributed by atoms with Crippen molar-refractivity contribution in [3.63, 3.8) is 0 Å². The molecule has 2 heterocycles. The number of hydrogen-bond donors (Lipinski definition) is 2. The predicted molar refractivity (Wildman–Crippen MR) is 88.9 cm³/mol. The number of nitrogens with one attached hydrogen (secondary N) is 1. The van der Waals surface area contributed by atoms with E-state index in [2.05, 4.69) is 25.6 Å². The van der Waals surface area contributed by atoms with Gasteiger partial charge in [0.2, 0.25) is 10.0 Å². The molecule has 0 aliphatic rings. The highest BCUT2D eigenvalue weighted by molar-refractivity contribution is 9.10. The molecule has 0 saturated heterocycles. The van der Waals surface area contributed by atoms with Crippen molar-refractivity contribution in [2.24, 2.45) is 0 Å². The second kappa shape index (κ2) is 6.04. The number of halogens is 1. The SMILES string of the molecule is Cc1cc(C(C)NS(=O)(=O)c2cc(Br)cnc2N)c(C)s1. The van der Waals surface area contributed by atoms with Crippen LogP contribution in [0.15, 0.2) is 27.7 Å². The average Bonchev–Trinajstić information content (AvgIpc) is 2.71. The third kappa shape index (κ3) is 3.63. The van der Waals surface area contributed by atoms with Gasteiger partial charge in [-0.1, -0.05) is 0 Å². The predicted octanol–water partition coefficient (Wildman–Crippen LogP) is 3.14. The van der Waals surface area contributed by atoms with Crippen LogP contribution in [0.5, 0.6) is 0 Å². The van der Waals surface area contributed by atoms with Gasteiger partial charge < -0.3 is 5.73 Å². The lowest BCUT2D eigenvalue weighted by Crippen LogP contribution is -2.28. The van der Waals surface area contributed by atoms with E-state index in [1.165, 1.54) is 12.3 Å². The highest BCUT2D eigenvalue weighted by Gasteiger charge is 2.23. The zero-order chi connectivity index (χ0) is 15.8. The summed E-state index contributed by atoms with van der Waals surface area (Å²) in [6, 6.07) is 3.11. The Morgan fingerprint density at radius 2 is 2.05 bits per heavy atom. The minimum absolute atomic E-state index is 0.0175. The lowest BCUT2D eigenvalue weighted by molar-refractivity contribution is 0.567. The molecule has 0 aromatic carbocycles. The first-order valence-electron chi connectivity index (χ1n) is 6.21. The maximum Gasteiger partial charge on any atom is 0.244 e. The number of nitrogens with zero attached hydrogens (tertiary/aromatic N) is 1. The lowest BCUT2D eigenvalue weighted by atomic mass is 10.1. The van der Waals surface area contributed by atoms with Crippen molar-refractivity contribution < 1.29 is 8.42 Å². The van der Waals surface area contributed by atoms with Crippen LogP contribution in [0.3, 0.4) is 0 Å². The normalized spacial score (nSPS) is 13.3. The van der Waals surface area contributed by atoms with Gasteiger partial charge in [-0.25, -0.2) is 18.1 Å². The third-order valence-corrected chi connectivity index (χ3v) is 6.00. The van der Waals surface area contributed by atoms with Crippen LogP contribution in [-0.2, 0) is 10.0 Å². The highest BCUT2D eigenvalue weighted by atomic mass is 79.9. The van der Waals surface area contributed by atoms with Gasteiger partial charge in [-0.2, -0.15) is 0 Å². The van der Waals surface area contributed by atoms with Crippen LogP contribution in [0, 0.1) is 13.8 Å². The zero-order valence-electron chi connectivity index (χ0n) is 11.8. The molecule has 3 N–H and O–H groups in total. The largest absolute Gasteiger partial charge is 0.383 e. The van der Waals surface area contributed by atoms with Gasteiger partial charge in [0, 0.05) is 26.5 Å². The molecule has 2 rings (SSSR count). The van der Waals surface area contributed by atoms with Gasteiger partial charge in [-0.05, 0) is 54.4 Å². The first-order chi connectivity index (χ1) is 9.70. The number of pyridine rings is 1. The number of rotatable bonds is 4. The molecule has 0 spiro atoms. The fraction of sp³-hybridized carbons (Fsp3) is 0.308. The Balaban J connectivity index is 2.33. The van der Waals surface area contributed by atoms with Gasteiger partial charge in [-0.3, -0.25) is 0 Å². The van der Waals surface area contributed by atoms with E-state index >= 15 is 0 Å². The number of nitrogen functional groups attached to an aromatic ring is 1. The van der Waals surface area contributed by atoms with Crippen molar-refractivity contribution in [1.29, 1.82) is 0 Å². The van der Waals surface area contributed by atoms with E-state index in [1.807, 2.05) is 26.8 Å². The molecule has 114 valence electrons. The summed E-state index contributed by atoms with van der Waals surface area (Å²) >= 11 is 4.85. The van der Waals surface area contributed by atoms with Crippen molar-refractivity contribution in [2.45, 2.75) is 31.7 Å². The molecule has 5 nitrogen and oxygen atoms in total. The number of sulfonamides is 1. The summed E-state index contributed by atoms with van der Waals surface area (Å²) in [5.41, 5.74) is 6.65. The lowest BCUT2D eigenvalue weighted by Gasteiger charge is -2.15. The summed E-state index contributed by atoms with van der Waals surface area (Å²) in [5.74, 6) is -0.0175. The monoisotopic (exact) mass is 389 g/mol. The molecule has 2 aromatic heterocycles. The first kappa shape index (κ1) is 16.4. The minimum Gasteiger partial charge on any atom is -0.383 e. The van der Waals surface area contributed by atoms with Crippen LogP contribution in [0.4, 0.5) is 5.82 Å². The molecule has 0 fully saturated rings. The number of aryl methyl sites for hydroxylation is 2. The second-order valence-corrected chi connectivity index (χ2v) is 8.81. The molecule has 21 heavy (non-hydrogen) atoms. The minimum atomic E-state index is -3.73. The number of nitrogens with two attached hydrogens (primary N) is 1. The van der Waals surface area contributed by atoms with Gasteiger partial charge >= 0.3 is 0 Å². The average molecular weight is 390 g/mol. The Hall–Kier alpha value is -0.960. The van der Waals surface area contributed by atoms with Gasteiger partial charge in [-0.15, -0.1) is 11.3 Å². The molecule has 0 aliphatic heterocycles. The molecular formula is C13H16BrN3O2S2. The molecule has 2 aromatic rings. The molecule has 0 saturated carbocycles. The fourth-order valence-corrected chi connectivity index (χ4v) is 4.92. The quantitative estimate of drug-likeness (QED) is 0.840. The van der Waals surface area contributed by atoms with E-state index in [4.69, 9.17) is 5.73 Å². The summed E-state index contributed by atoms with van der Waals surface area (Å²) in [7, 11) is -3.73. The van der Waals surface area contributed by atoms with E-state index in [0.29, 0.717) is 4.47 Å². The van der Waals surface area contributed by atoms with E-state index in [0.717, 1.165) is 15.3 Å². The molecule has 1 atom stereocenters. The molecule has 0 aliphatic carbocycles. The molecule has 1 unspecified atom stereocenters. The van der Waals surface area contributed by atoms with Crippen molar-refractivity contribution in [2.75, 3.05) is 5.73 Å². The maximum absolute atomic E-state index is 12.5. The van der Waals surface area contributed by atoms with E-state index in [1.54, 1.807) is 11.3 Å². The molecule has 8 heteroatoms. The van der Waals surface area contributed by atoms with Crippen molar-refractivity contribution >= 4 is 43.1 Å². The van der Waals surface area contributed by atoms with Gasteiger partial charge in [0.05, 0.1) is 0 Å². The van der Waals surface area contributed by atoms with Gasteiger partial charge in [0.25, 0.3) is 0 Å². The summed E-state index contributed by atoms with van der Waals surface area (Å²) in [6.45, 7) is 5.79. The summed E-state index contributed by atoms with van der Waals surface area (Å²) in [5, 5.41) is 0. The molecule has 0 amide bonds. The smallest absolute Gasteiger partial charge is 0.244 e. The van der Waals surface area contributed by atoms with Crippen LogP contribution >= 0.6 is 27.3 Å². The van der Waals surface area contributed by atoms with Crippen LogP contribution in [0.25, 0.3) is 0 Å². The number of aromatic nitrogens is 1. The third-order valence-electron chi connectivity index (χ3n) is 3.02. The van der Waals surface area contributed by atoms with E-state index in [9.17, 15) is 8.42 Å². The summed E-state index contributed by atoms with van der Waals surface area (Å²) in [4.78, 5) is 6.09. The Bertz CT molecular complexity index is 772. The van der Waals surface area contributed by atoms with E-state index in [-0.39, 0.29) is 16.8 Å². The first-order valence-corrected chi connectivity index (χ1v) is 9.30. The zero-order valence-corrected chi connectivity index (χ0v) is 15.1. The number of thiophene rings is 1. The van der Waals surface area contributed by atoms with Gasteiger partial charge in [0.1, 0.15) is 10.7 Å². The van der Waals surface area contributed by atoms with Crippen molar-refractivity contribution in [3.8, 4) is 0 Å². The summed E-state index contributed by atoms with van der Waals surface area (Å²) < 4.78 is 28.1. The summed E-state index contributed by atoms with van der Waals surface area (Å²) in [6.07, 6.45) is 1.46. The van der Waals surface area contributed by atoms with Crippen LogP contribution in [-0.4, -0.2) is 13.4 Å². The number of anilines is 1. The fourth-order valence-electron chi connectivity index (χ4n) is 2.09. The standard InChI is InChI=1S/C13H16BrN3O2S2/c1-7-4-11(9(3)20-7)8(2)17-21(18,19)12-5-10(14)6-16-13(12)15/h4-6,8,17H,1-3H3,(H2,15,16). The maximum atomic E-state index is 12.5. The Morgan fingerprint density at radius 1 is 1.38 bits per heavy atom. The Morgan fingerprint density at radius 3 is 2.62 bits per heavy atom. The molecule has 0 radical (unpaired) electrons. The van der Waals surface area contributed by atoms with E-state index < -0.39 is 10.0 Å². The molecule has 0 bridgehead atoms. The van der Waals surface area contributed by atoms with Crippen LogP contribution in [0.2, 0.25) is 0 Å². The Kier molecular flexibility index (Phi) is 4.72.